The van der Waals surface area contributed by atoms with E-state index < -0.39 is 78.2 Å². The number of aliphatic hydroxyl groups excluding tert-OH is 1. The van der Waals surface area contributed by atoms with Crippen molar-refractivity contribution in [1.82, 2.24) is 31.1 Å². The molecule has 6 N–H and O–H groups in total. The standard InChI is InChI=1S/C42H64N6O9/c1-5-21-43-40(55)37(27(4)49)46-39(54)33-23-30(29-16-10-7-11-17-29)25-48(33)41(56)31(24-35(51)52)44-38(53)32-18-12-13-22-47(32)42(57)36(26(2)3)45-34(50)20-19-28-14-8-6-9-15-28/h7,10-11,16-17,26-28,30-33,36-37,49H,5-6,8-9,12-15,18-25H2,1-4H3,(H,43,55)(H,44,53)(H,45,50)(H,46,54)(H,51,52)/t27-,30?,31+,32+,33+,36+,37+/m1/s1. The number of carbonyl (C=O) groups is 7. The second kappa shape index (κ2) is 21.8. The first-order chi connectivity index (χ1) is 27.2. The van der Waals surface area contributed by atoms with Gasteiger partial charge < -0.3 is 41.3 Å². The minimum Gasteiger partial charge on any atom is -0.481 e. The van der Waals surface area contributed by atoms with Crippen molar-refractivity contribution in [3.8, 4) is 0 Å². The average molecular weight is 797 g/mol. The molecule has 316 valence electrons. The molecule has 2 heterocycles. The number of carbonyl (C=O) groups excluding carboxylic acids is 6. The van der Waals surface area contributed by atoms with E-state index in [2.05, 4.69) is 21.3 Å². The van der Waals surface area contributed by atoms with Gasteiger partial charge in [-0.2, -0.15) is 0 Å². The van der Waals surface area contributed by atoms with E-state index in [4.69, 9.17) is 0 Å². The molecule has 0 radical (unpaired) electrons. The fraction of sp³-hybridized carbons (Fsp3) is 0.690. The van der Waals surface area contributed by atoms with E-state index in [-0.39, 0.29) is 43.7 Å². The van der Waals surface area contributed by atoms with Crippen molar-refractivity contribution in [3.05, 3.63) is 35.9 Å². The second-order valence-corrected chi connectivity index (χ2v) is 16.4. The molecule has 0 aromatic heterocycles. The fourth-order valence-electron chi connectivity index (χ4n) is 8.37. The van der Waals surface area contributed by atoms with Crippen molar-refractivity contribution in [2.75, 3.05) is 19.6 Å². The number of likely N-dealkylation sites (tertiary alicyclic amines) is 2. The smallest absolute Gasteiger partial charge is 0.305 e. The molecular formula is C42H64N6O9. The van der Waals surface area contributed by atoms with Gasteiger partial charge >= 0.3 is 5.97 Å². The summed E-state index contributed by atoms with van der Waals surface area (Å²) in [7, 11) is 0. The van der Waals surface area contributed by atoms with Crippen LogP contribution in [0, 0.1) is 11.8 Å². The summed E-state index contributed by atoms with van der Waals surface area (Å²) in [5.74, 6) is -4.87. The van der Waals surface area contributed by atoms with Crippen molar-refractivity contribution in [2.24, 2.45) is 11.8 Å². The van der Waals surface area contributed by atoms with Gasteiger partial charge in [-0.05, 0) is 62.8 Å². The quantitative estimate of drug-likeness (QED) is 0.129. The number of benzene rings is 1. The molecule has 3 fully saturated rings. The maximum Gasteiger partial charge on any atom is 0.305 e. The highest BCUT2D eigenvalue weighted by atomic mass is 16.4. The van der Waals surface area contributed by atoms with Crippen molar-refractivity contribution in [2.45, 2.75) is 153 Å². The lowest BCUT2D eigenvalue weighted by atomic mass is 9.86. The molecular weight excluding hydrogens is 732 g/mol. The van der Waals surface area contributed by atoms with Gasteiger partial charge in [0.1, 0.15) is 30.2 Å². The molecule has 1 saturated carbocycles. The molecule has 2 saturated heterocycles. The number of carboxylic acids is 1. The monoisotopic (exact) mass is 796 g/mol. The van der Waals surface area contributed by atoms with Crippen LogP contribution in [0.3, 0.4) is 0 Å². The maximum atomic E-state index is 14.4. The Morgan fingerprint density at radius 3 is 2.09 bits per heavy atom. The number of hydrogen-bond acceptors (Lipinski definition) is 8. The number of nitrogens with one attached hydrogen (secondary N) is 4. The maximum absolute atomic E-state index is 14.4. The number of nitrogens with zero attached hydrogens (tertiary/aromatic N) is 2. The van der Waals surface area contributed by atoms with Gasteiger partial charge in [-0.1, -0.05) is 83.2 Å². The minimum atomic E-state index is -1.58. The SMILES string of the molecule is CCCNC(=O)[C@@H](NC(=O)[C@@H]1CC(c2ccccc2)CN1C(=O)[C@H](CC(=O)O)NC(=O)[C@@H]1CCCCN1C(=O)[C@@H](NC(=O)CCC1CCCCC1)C(C)C)[C@@H](C)O. The third-order valence-electron chi connectivity index (χ3n) is 11.6. The second-order valence-electron chi connectivity index (χ2n) is 16.4. The topological polar surface area (TPSA) is 215 Å². The third-order valence-corrected chi connectivity index (χ3v) is 11.6. The van der Waals surface area contributed by atoms with Gasteiger partial charge in [-0.25, -0.2) is 0 Å². The van der Waals surface area contributed by atoms with E-state index in [1.54, 1.807) is 0 Å². The zero-order chi connectivity index (χ0) is 41.6. The molecule has 1 aromatic carbocycles. The van der Waals surface area contributed by atoms with Crippen molar-refractivity contribution < 1.29 is 43.8 Å². The lowest BCUT2D eigenvalue weighted by molar-refractivity contribution is -0.149. The highest BCUT2D eigenvalue weighted by Crippen LogP contribution is 2.33. The Bertz CT molecular complexity index is 1550. The van der Waals surface area contributed by atoms with Crippen LogP contribution in [-0.4, -0.2) is 117 Å². The largest absolute Gasteiger partial charge is 0.481 e. The summed E-state index contributed by atoms with van der Waals surface area (Å²) in [4.78, 5) is 97.3. The Kier molecular flexibility index (Phi) is 17.3. The predicted molar refractivity (Wildman–Crippen MR) is 212 cm³/mol. The van der Waals surface area contributed by atoms with Gasteiger partial charge in [-0.15, -0.1) is 0 Å². The first-order valence-electron chi connectivity index (χ1n) is 20.9. The minimum absolute atomic E-state index is 0.0266. The Hall–Kier alpha value is -4.53. The summed E-state index contributed by atoms with van der Waals surface area (Å²) in [5, 5.41) is 31.2. The summed E-state index contributed by atoms with van der Waals surface area (Å²) < 4.78 is 0. The molecule has 0 bridgehead atoms. The number of hydrogen-bond donors (Lipinski definition) is 6. The first-order valence-corrected chi connectivity index (χ1v) is 20.9. The molecule has 1 aromatic rings. The van der Waals surface area contributed by atoms with Gasteiger partial charge in [0.2, 0.25) is 35.4 Å². The molecule has 15 nitrogen and oxygen atoms in total. The summed E-state index contributed by atoms with van der Waals surface area (Å²) in [5.41, 5.74) is 0.842. The predicted octanol–water partition coefficient (Wildman–Crippen LogP) is 2.60. The number of aliphatic carboxylic acids is 1. The van der Waals surface area contributed by atoms with E-state index in [0.29, 0.717) is 38.1 Å². The number of amides is 6. The van der Waals surface area contributed by atoms with Crippen LogP contribution in [0.2, 0.25) is 0 Å². The third kappa shape index (κ3) is 12.7. The molecule has 0 spiro atoms. The van der Waals surface area contributed by atoms with Crippen LogP contribution in [-0.2, 0) is 33.6 Å². The fourth-order valence-corrected chi connectivity index (χ4v) is 8.37. The number of aliphatic hydroxyl groups is 1. The molecule has 7 atom stereocenters. The van der Waals surface area contributed by atoms with Crippen LogP contribution in [0.1, 0.15) is 123 Å². The molecule has 1 unspecified atom stereocenters. The van der Waals surface area contributed by atoms with Gasteiger partial charge in [-0.3, -0.25) is 33.6 Å². The molecule has 57 heavy (non-hydrogen) atoms. The van der Waals surface area contributed by atoms with E-state index in [1.807, 2.05) is 51.1 Å². The van der Waals surface area contributed by atoms with Crippen LogP contribution < -0.4 is 21.3 Å². The molecule has 6 amide bonds. The summed E-state index contributed by atoms with van der Waals surface area (Å²) in [6.07, 6.45) is 7.11. The van der Waals surface area contributed by atoms with Crippen molar-refractivity contribution >= 4 is 41.4 Å². The lowest BCUT2D eigenvalue weighted by Gasteiger charge is -2.38. The average Bonchev–Trinajstić information content (AvgIpc) is 3.65. The number of piperidine rings is 1. The number of carboxylic acid groups (broad SMARTS) is 1. The summed E-state index contributed by atoms with van der Waals surface area (Å²) in [6.45, 7) is 7.50. The van der Waals surface area contributed by atoms with Crippen molar-refractivity contribution in [1.29, 1.82) is 0 Å². The van der Waals surface area contributed by atoms with E-state index in [9.17, 15) is 43.8 Å². The number of rotatable bonds is 18. The molecule has 2 aliphatic heterocycles. The van der Waals surface area contributed by atoms with E-state index >= 15 is 0 Å². The highest BCUT2D eigenvalue weighted by molar-refractivity contribution is 5.98. The van der Waals surface area contributed by atoms with Gasteiger partial charge in [0.15, 0.2) is 0 Å². The normalized spacial score (nSPS) is 22.2. The zero-order valence-corrected chi connectivity index (χ0v) is 34.0. The van der Waals surface area contributed by atoms with Crippen LogP contribution in [0.5, 0.6) is 0 Å². The van der Waals surface area contributed by atoms with Gasteiger partial charge in [0, 0.05) is 32.0 Å². The van der Waals surface area contributed by atoms with E-state index in [1.165, 1.54) is 36.0 Å². The zero-order valence-electron chi connectivity index (χ0n) is 34.0. The molecule has 15 heteroatoms. The van der Waals surface area contributed by atoms with Gasteiger partial charge in [0.05, 0.1) is 12.5 Å². The summed E-state index contributed by atoms with van der Waals surface area (Å²) in [6, 6.07) is 3.27. The summed E-state index contributed by atoms with van der Waals surface area (Å²) >= 11 is 0. The van der Waals surface area contributed by atoms with Crippen LogP contribution >= 0.6 is 0 Å². The molecule has 3 aliphatic rings. The first kappa shape index (κ1) is 45.2. The van der Waals surface area contributed by atoms with Crippen LogP contribution in [0.15, 0.2) is 30.3 Å². The highest BCUT2D eigenvalue weighted by Gasteiger charge is 2.45. The van der Waals surface area contributed by atoms with E-state index in [0.717, 1.165) is 24.8 Å². The Labute approximate surface area is 336 Å². The van der Waals surface area contributed by atoms with Crippen molar-refractivity contribution in [3.63, 3.8) is 0 Å². The Morgan fingerprint density at radius 1 is 0.789 bits per heavy atom. The van der Waals surface area contributed by atoms with Gasteiger partial charge in [0.25, 0.3) is 0 Å². The molecule has 1 aliphatic carbocycles. The molecule has 4 rings (SSSR count). The lowest BCUT2D eigenvalue weighted by Crippen LogP contribution is -2.61. The Balaban J connectivity index is 1.53. The van der Waals surface area contributed by atoms with Crippen LogP contribution in [0.4, 0.5) is 0 Å². The van der Waals surface area contributed by atoms with Crippen LogP contribution in [0.25, 0.3) is 0 Å². The Morgan fingerprint density at radius 2 is 1.46 bits per heavy atom.